The van der Waals surface area contributed by atoms with E-state index in [4.69, 9.17) is 4.74 Å². The highest BCUT2D eigenvalue weighted by atomic mass is 19.4. The summed E-state index contributed by atoms with van der Waals surface area (Å²) in [5.74, 6) is 0.121. The molecule has 0 saturated carbocycles. The second-order valence-corrected chi connectivity index (χ2v) is 5.74. The lowest BCUT2D eigenvalue weighted by molar-refractivity contribution is -0.137. The highest BCUT2D eigenvalue weighted by molar-refractivity contribution is 5.25. The highest BCUT2D eigenvalue weighted by Crippen LogP contribution is 2.41. The molecular weight excluding hydrogens is 269 g/mol. The molecule has 2 nitrogen and oxygen atoms in total. The maximum atomic E-state index is 12.5. The van der Waals surface area contributed by atoms with Crippen LogP contribution >= 0.6 is 0 Å². The van der Waals surface area contributed by atoms with Crippen LogP contribution in [0.25, 0.3) is 0 Å². The Bertz CT molecular complexity index is 469. The Morgan fingerprint density at radius 2 is 1.90 bits per heavy atom. The molecule has 20 heavy (non-hydrogen) atoms. The minimum atomic E-state index is -4.31. The van der Waals surface area contributed by atoms with Crippen molar-refractivity contribution in [2.24, 2.45) is 5.92 Å². The van der Waals surface area contributed by atoms with Gasteiger partial charge in [-0.15, -0.1) is 0 Å². The molecule has 2 saturated heterocycles. The number of fused-ring (bicyclic) bond motifs is 2. The third-order valence-electron chi connectivity index (χ3n) is 4.37. The maximum absolute atomic E-state index is 12.5. The Kier molecular flexibility index (Phi) is 3.50. The van der Waals surface area contributed by atoms with Crippen LogP contribution in [0.2, 0.25) is 0 Å². The zero-order chi connectivity index (χ0) is 14.3. The minimum Gasteiger partial charge on any atom is -0.392 e. The van der Waals surface area contributed by atoms with E-state index in [1.54, 1.807) is 0 Å². The zero-order valence-electron chi connectivity index (χ0n) is 10.9. The summed E-state index contributed by atoms with van der Waals surface area (Å²) in [4.78, 5) is 0. The van der Waals surface area contributed by atoms with Crippen molar-refractivity contribution in [1.82, 2.24) is 0 Å². The maximum Gasteiger partial charge on any atom is 0.416 e. The van der Waals surface area contributed by atoms with Gasteiger partial charge in [0.1, 0.15) is 0 Å². The average molecular weight is 286 g/mol. The first kappa shape index (κ1) is 13.9. The van der Waals surface area contributed by atoms with E-state index in [2.05, 4.69) is 0 Å². The summed E-state index contributed by atoms with van der Waals surface area (Å²) in [6.07, 6.45) is -1.15. The molecule has 0 radical (unpaired) electrons. The third-order valence-corrected chi connectivity index (χ3v) is 4.37. The summed E-state index contributed by atoms with van der Waals surface area (Å²) in [6.45, 7) is 0. The third kappa shape index (κ3) is 2.69. The van der Waals surface area contributed by atoms with Gasteiger partial charge in [0.05, 0.1) is 23.9 Å². The summed E-state index contributed by atoms with van der Waals surface area (Å²) < 4.78 is 43.1. The van der Waals surface area contributed by atoms with Crippen molar-refractivity contribution in [1.29, 1.82) is 0 Å². The first-order valence-electron chi connectivity index (χ1n) is 6.93. The van der Waals surface area contributed by atoms with Gasteiger partial charge in [-0.05, 0) is 43.4 Å². The van der Waals surface area contributed by atoms with E-state index in [0.717, 1.165) is 37.0 Å². The lowest BCUT2D eigenvalue weighted by atomic mass is 9.83. The van der Waals surface area contributed by atoms with Crippen LogP contribution in [0.15, 0.2) is 24.3 Å². The lowest BCUT2D eigenvalue weighted by Crippen LogP contribution is -2.30. The van der Waals surface area contributed by atoms with E-state index in [1.165, 1.54) is 12.1 Å². The van der Waals surface area contributed by atoms with E-state index in [1.807, 2.05) is 0 Å². The van der Waals surface area contributed by atoms with Crippen LogP contribution < -0.4 is 0 Å². The first-order valence-corrected chi connectivity index (χ1v) is 6.93. The van der Waals surface area contributed by atoms with Crippen LogP contribution in [0, 0.1) is 5.92 Å². The SMILES string of the molecule is OC(Cc1ccc(C(F)(F)F)cc1)C1CC2CCC1O2. The quantitative estimate of drug-likeness (QED) is 0.924. The second kappa shape index (κ2) is 5.04. The van der Waals surface area contributed by atoms with Gasteiger partial charge >= 0.3 is 6.18 Å². The average Bonchev–Trinajstić information content (AvgIpc) is 3.00. The summed E-state index contributed by atoms with van der Waals surface area (Å²) in [6, 6.07) is 5.03. The molecule has 2 aliphatic rings. The van der Waals surface area contributed by atoms with Crippen LogP contribution in [0.1, 0.15) is 30.4 Å². The summed E-state index contributed by atoms with van der Waals surface area (Å²) in [5, 5.41) is 10.3. The van der Waals surface area contributed by atoms with Crippen molar-refractivity contribution in [2.45, 2.75) is 50.2 Å². The van der Waals surface area contributed by atoms with E-state index in [0.29, 0.717) is 6.42 Å². The van der Waals surface area contributed by atoms with Crippen LogP contribution in [0.3, 0.4) is 0 Å². The molecule has 0 aromatic heterocycles. The van der Waals surface area contributed by atoms with E-state index in [-0.39, 0.29) is 18.1 Å². The Morgan fingerprint density at radius 3 is 2.40 bits per heavy atom. The molecule has 4 unspecified atom stereocenters. The fraction of sp³-hybridized carbons (Fsp3) is 0.600. The van der Waals surface area contributed by atoms with Crippen LogP contribution in [-0.4, -0.2) is 23.4 Å². The highest BCUT2D eigenvalue weighted by Gasteiger charge is 2.43. The monoisotopic (exact) mass is 286 g/mol. The molecule has 3 rings (SSSR count). The first-order chi connectivity index (χ1) is 9.43. The Morgan fingerprint density at radius 1 is 1.20 bits per heavy atom. The molecule has 110 valence electrons. The van der Waals surface area contributed by atoms with Gasteiger partial charge in [0.2, 0.25) is 0 Å². The summed E-state index contributed by atoms with van der Waals surface area (Å²) >= 11 is 0. The van der Waals surface area contributed by atoms with E-state index >= 15 is 0 Å². The Labute approximate surface area is 115 Å². The normalized spacial score (nSPS) is 30.7. The molecule has 2 fully saturated rings. The predicted octanol–water partition coefficient (Wildman–Crippen LogP) is 3.18. The molecule has 0 aliphatic carbocycles. The molecule has 4 atom stereocenters. The smallest absolute Gasteiger partial charge is 0.392 e. The fourth-order valence-corrected chi connectivity index (χ4v) is 3.30. The van der Waals surface area contributed by atoms with Gasteiger partial charge in [-0.3, -0.25) is 0 Å². The fourth-order valence-electron chi connectivity index (χ4n) is 3.30. The molecule has 2 aliphatic heterocycles. The standard InChI is InChI=1S/C15H17F3O2/c16-15(17,18)10-3-1-9(2-4-10)7-13(19)12-8-11-5-6-14(12)20-11/h1-4,11-14,19H,5-8H2. The van der Waals surface area contributed by atoms with Gasteiger partial charge in [0, 0.05) is 5.92 Å². The molecular formula is C15H17F3O2. The molecule has 2 bridgehead atoms. The number of benzene rings is 1. The van der Waals surface area contributed by atoms with Crippen LogP contribution in [-0.2, 0) is 17.3 Å². The van der Waals surface area contributed by atoms with Crippen LogP contribution in [0.4, 0.5) is 13.2 Å². The van der Waals surface area contributed by atoms with Crippen molar-refractivity contribution in [3.63, 3.8) is 0 Å². The van der Waals surface area contributed by atoms with Crippen molar-refractivity contribution in [3.05, 3.63) is 35.4 Å². The van der Waals surface area contributed by atoms with Gasteiger partial charge in [0.25, 0.3) is 0 Å². The van der Waals surface area contributed by atoms with Crippen molar-refractivity contribution < 1.29 is 23.0 Å². The van der Waals surface area contributed by atoms with E-state index in [9.17, 15) is 18.3 Å². The number of hydrogen-bond acceptors (Lipinski definition) is 2. The number of halogens is 3. The molecule has 2 heterocycles. The number of rotatable bonds is 3. The topological polar surface area (TPSA) is 29.5 Å². The predicted molar refractivity (Wildman–Crippen MR) is 67.2 cm³/mol. The number of hydrogen-bond donors (Lipinski definition) is 1. The number of ether oxygens (including phenoxy) is 1. The molecule has 5 heteroatoms. The second-order valence-electron chi connectivity index (χ2n) is 5.74. The van der Waals surface area contributed by atoms with E-state index < -0.39 is 17.8 Å². The lowest BCUT2D eigenvalue weighted by Gasteiger charge is -2.24. The Hall–Kier alpha value is -1.07. The van der Waals surface area contributed by atoms with Gasteiger partial charge in [-0.25, -0.2) is 0 Å². The van der Waals surface area contributed by atoms with Gasteiger partial charge in [0.15, 0.2) is 0 Å². The van der Waals surface area contributed by atoms with Gasteiger partial charge in [-0.1, -0.05) is 12.1 Å². The van der Waals surface area contributed by atoms with Crippen molar-refractivity contribution in [3.8, 4) is 0 Å². The molecule has 1 N–H and O–H groups in total. The zero-order valence-corrected chi connectivity index (χ0v) is 10.9. The number of aliphatic hydroxyl groups excluding tert-OH is 1. The van der Waals surface area contributed by atoms with Gasteiger partial charge < -0.3 is 9.84 Å². The number of alkyl halides is 3. The molecule has 1 aromatic carbocycles. The van der Waals surface area contributed by atoms with Gasteiger partial charge in [-0.2, -0.15) is 13.2 Å². The molecule has 1 aromatic rings. The molecule has 0 spiro atoms. The van der Waals surface area contributed by atoms with Crippen LogP contribution in [0.5, 0.6) is 0 Å². The van der Waals surface area contributed by atoms with Crippen molar-refractivity contribution >= 4 is 0 Å². The summed E-state index contributed by atoms with van der Waals surface area (Å²) in [7, 11) is 0. The number of aliphatic hydroxyl groups is 1. The van der Waals surface area contributed by atoms with Crippen molar-refractivity contribution in [2.75, 3.05) is 0 Å². The minimum absolute atomic E-state index is 0.121. The Balaban J connectivity index is 1.63. The largest absolute Gasteiger partial charge is 0.416 e. The molecule has 0 amide bonds. The summed E-state index contributed by atoms with van der Waals surface area (Å²) in [5.41, 5.74) is 0.0762.